The van der Waals surface area contributed by atoms with Crippen molar-refractivity contribution in [2.75, 3.05) is 13.1 Å². The van der Waals surface area contributed by atoms with Crippen molar-refractivity contribution in [2.45, 2.75) is 95.1 Å². The molecule has 5 nitrogen and oxygen atoms in total. The van der Waals surface area contributed by atoms with Crippen LogP contribution in [0.1, 0.15) is 83.5 Å². The Morgan fingerprint density at radius 3 is 2.04 bits per heavy atom. The average Bonchev–Trinajstić information content (AvgIpc) is 2.63. The Balaban J connectivity index is 1.63. The molecule has 0 radical (unpaired) electrons. The quantitative estimate of drug-likeness (QED) is 0.831. The minimum atomic E-state index is -0.658. The maximum Gasteiger partial charge on any atom is 0.315 e. The van der Waals surface area contributed by atoms with Crippen molar-refractivity contribution < 1.29 is 9.59 Å². The SMILES string of the molecule is O=C(NC1CCCCC1)NC1(C(=O)N2CCCCC2)CCCCC1. The summed E-state index contributed by atoms with van der Waals surface area (Å²) in [5.74, 6) is 0.167. The molecule has 0 bridgehead atoms. The van der Waals surface area contributed by atoms with Gasteiger partial charge >= 0.3 is 6.03 Å². The number of rotatable bonds is 3. The third kappa shape index (κ3) is 4.22. The Morgan fingerprint density at radius 1 is 0.792 bits per heavy atom. The predicted octanol–water partition coefficient (Wildman–Crippen LogP) is 3.33. The van der Waals surface area contributed by atoms with E-state index < -0.39 is 5.54 Å². The minimum Gasteiger partial charge on any atom is -0.341 e. The molecule has 136 valence electrons. The molecule has 3 amide bonds. The van der Waals surface area contributed by atoms with Crippen molar-refractivity contribution in [3.05, 3.63) is 0 Å². The zero-order valence-corrected chi connectivity index (χ0v) is 14.9. The van der Waals surface area contributed by atoms with Gasteiger partial charge < -0.3 is 15.5 Å². The molecule has 2 saturated carbocycles. The van der Waals surface area contributed by atoms with Crippen LogP contribution < -0.4 is 10.6 Å². The first kappa shape index (κ1) is 17.6. The molecule has 2 N–H and O–H groups in total. The molecule has 5 heteroatoms. The zero-order chi connectivity index (χ0) is 16.8. The Labute approximate surface area is 145 Å². The Morgan fingerprint density at radius 2 is 1.38 bits per heavy atom. The van der Waals surface area contributed by atoms with Gasteiger partial charge in [0.2, 0.25) is 5.91 Å². The lowest BCUT2D eigenvalue weighted by Crippen LogP contribution is -2.63. The Kier molecular flexibility index (Phi) is 6.01. The highest BCUT2D eigenvalue weighted by Gasteiger charge is 2.43. The number of nitrogens with zero attached hydrogens (tertiary/aromatic N) is 1. The maximum atomic E-state index is 13.2. The summed E-state index contributed by atoms with van der Waals surface area (Å²) in [6, 6.07) is 0.152. The lowest BCUT2D eigenvalue weighted by molar-refractivity contribution is -0.140. The van der Waals surface area contributed by atoms with Gasteiger partial charge in [0, 0.05) is 19.1 Å². The van der Waals surface area contributed by atoms with Gasteiger partial charge in [-0.25, -0.2) is 4.79 Å². The van der Waals surface area contributed by atoms with Gasteiger partial charge in [0.15, 0.2) is 0 Å². The van der Waals surface area contributed by atoms with Crippen LogP contribution in [0.2, 0.25) is 0 Å². The van der Waals surface area contributed by atoms with Gasteiger partial charge in [-0.15, -0.1) is 0 Å². The van der Waals surface area contributed by atoms with Crippen molar-refractivity contribution in [3.63, 3.8) is 0 Å². The summed E-state index contributed by atoms with van der Waals surface area (Å²) in [5, 5.41) is 6.26. The summed E-state index contributed by atoms with van der Waals surface area (Å²) in [6.45, 7) is 1.71. The van der Waals surface area contributed by atoms with Crippen molar-refractivity contribution in [1.29, 1.82) is 0 Å². The molecular formula is C19H33N3O2. The van der Waals surface area contributed by atoms with E-state index in [1.54, 1.807) is 0 Å². The lowest BCUT2D eigenvalue weighted by atomic mass is 9.80. The van der Waals surface area contributed by atoms with Crippen LogP contribution >= 0.6 is 0 Å². The lowest BCUT2D eigenvalue weighted by Gasteiger charge is -2.41. The van der Waals surface area contributed by atoms with Gasteiger partial charge in [0.25, 0.3) is 0 Å². The van der Waals surface area contributed by atoms with E-state index in [9.17, 15) is 9.59 Å². The van der Waals surface area contributed by atoms with Gasteiger partial charge in [0.05, 0.1) is 0 Å². The first-order chi connectivity index (χ1) is 11.7. The number of carbonyl (C=O) groups is 2. The average molecular weight is 335 g/mol. The summed E-state index contributed by atoms with van der Waals surface area (Å²) in [7, 11) is 0. The van der Waals surface area contributed by atoms with E-state index in [-0.39, 0.29) is 18.0 Å². The fourth-order valence-corrected chi connectivity index (χ4v) is 4.63. The summed E-state index contributed by atoms with van der Waals surface area (Å²) >= 11 is 0. The van der Waals surface area contributed by atoms with Gasteiger partial charge in [0.1, 0.15) is 5.54 Å². The number of urea groups is 1. The maximum absolute atomic E-state index is 13.2. The second-order valence-corrected chi connectivity index (χ2v) is 7.93. The van der Waals surface area contributed by atoms with Gasteiger partial charge in [-0.1, -0.05) is 38.5 Å². The molecular weight excluding hydrogens is 302 g/mol. The van der Waals surface area contributed by atoms with E-state index in [2.05, 4.69) is 10.6 Å². The fourth-order valence-electron chi connectivity index (χ4n) is 4.63. The third-order valence-corrected chi connectivity index (χ3v) is 6.05. The largest absolute Gasteiger partial charge is 0.341 e. The fraction of sp³-hybridized carbons (Fsp3) is 0.895. The van der Waals surface area contributed by atoms with Gasteiger partial charge in [-0.05, 0) is 44.9 Å². The normalized spacial score (nSPS) is 25.1. The number of hydrogen-bond acceptors (Lipinski definition) is 2. The molecule has 0 spiro atoms. The number of nitrogens with one attached hydrogen (secondary N) is 2. The molecule has 3 fully saturated rings. The topological polar surface area (TPSA) is 61.4 Å². The van der Waals surface area contributed by atoms with Crippen molar-refractivity contribution in [3.8, 4) is 0 Å². The number of carbonyl (C=O) groups excluding carboxylic acids is 2. The van der Waals surface area contributed by atoms with E-state index in [4.69, 9.17) is 0 Å². The molecule has 0 aromatic rings. The van der Waals surface area contributed by atoms with E-state index in [0.29, 0.717) is 0 Å². The Bertz CT molecular complexity index is 434. The highest BCUT2D eigenvalue weighted by molar-refractivity contribution is 5.91. The molecule has 1 saturated heterocycles. The van der Waals surface area contributed by atoms with Crippen LogP contribution in [0, 0.1) is 0 Å². The monoisotopic (exact) mass is 335 g/mol. The Hall–Kier alpha value is -1.26. The van der Waals surface area contributed by atoms with Crippen LogP contribution in [0.15, 0.2) is 0 Å². The van der Waals surface area contributed by atoms with Crippen LogP contribution in [-0.2, 0) is 4.79 Å². The molecule has 1 heterocycles. The van der Waals surface area contributed by atoms with E-state index in [1.165, 1.54) is 32.1 Å². The van der Waals surface area contributed by atoms with Crippen LogP contribution in [0.3, 0.4) is 0 Å². The third-order valence-electron chi connectivity index (χ3n) is 6.05. The number of likely N-dealkylation sites (tertiary alicyclic amines) is 1. The molecule has 0 aromatic carbocycles. The van der Waals surface area contributed by atoms with Crippen molar-refractivity contribution in [2.24, 2.45) is 0 Å². The summed E-state index contributed by atoms with van der Waals surface area (Å²) in [4.78, 5) is 27.8. The first-order valence-corrected chi connectivity index (χ1v) is 10.1. The second-order valence-electron chi connectivity index (χ2n) is 7.93. The van der Waals surface area contributed by atoms with Crippen molar-refractivity contribution >= 4 is 11.9 Å². The van der Waals surface area contributed by atoms with E-state index >= 15 is 0 Å². The smallest absolute Gasteiger partial charge is 0.315 e. The summed E-state index contributed by atoms with van der Waals surface area (Å²) in [5.41, 5.74) is -0.658. The van der Waals surface area contributed by atoms with Crippen LogP contribution in [0.5, 0.6) is 0 Å². The molecule has 0 unspecified atom stereocenters. The molecule has 3 rings (SSSR count). The molecule has 3 aliphatic rings. The highest BCUT2D eigenvalue weighted by atomic mass is 16.2. The van der Waals surface area contributed by atoms with Gasteiger partial charge in [-0.3, -0.25) is 4.79 Å². The molecule has 1 aliphatic heterocycles. The number of hydrogen-bond donors (Lipinski definition) is 2. The first-order valence-electron chi connectivity index (χ1n) is 10.1. The second kappa shape index (κ2) is 8.21. The van der Waals surface area contributed by atoms with Crippen LogP contribution in [0.25, 0.3) is 0 Å². The zero-order valence-electron chi connectivity index (χ0n) is 14.9. The number of piperidine rings is 1. The van der Waals surface area contributed by atoms with Crippen LogP contribution in [-0.4, -0.2) is 41.5 Å². The highest BCUT2D eigenvalue weighted by Crippen LogP contribution is 2.31. The molecule has 0 aromatic heterocycles. The van der Waals surface area contributed by atoms with Gasteiger partial charge in [-0.2, -0.15) is 0 Å². The van der Waals surface area contributed by atoms with E-state index in [1.807, 2.05) is 4.90 Å². The summed E-state index contributed by atoms with van der Waals surface area (Å²) < 4.78 is 0. The molecule has 0 atom stereocenters. The summed E-state index contributed by atoms with van der Waals surface area (Å²) in [6.07, 6.45) is 14.0. The minimum absolute atomic E-state index is 0.130. The number of amides is 3. The predicted molar refractivity (Wildman–Crippen MR) is 94.8 cm³/mol. The van der Waals surface area contributed by atoms with Crippen LogP contribution in [0.4, 0.5) is 4.79 Å². The van der Waals surface area contributed by atoms with E-state index in [0.717, 1.165) is 64.5 Å². The van der Waals surface area contributed by atoms with Crippen molar-refractivity contribution in [1.82, 2.24) is 15.5 Å². The molecule has 24 heavy (non-hydrogen) atoms. The standard InChI is InChI=1S/C19H33N3O2/c23-17(22-14-8-3-9-15-22)19(12-6-2-7-13-19)21-18(24)20-16-10-4-1-5-11-16/h16H,1-15H2,(H2,20,21,24). The molecule has 2 aliphatic carbocycles.